The highest BCUT2D eigenvalue weighted by atomic mass is 16.5. The van der Waals surface area contributed by atoms with Gasteiger partial charge in [-0.3, -0.25) is 9.59 Å². The Morgan fingerprint density at radius 1 is 0.962 bits per heavy atom. The highest BCUT2D eigenvalue weighted by Crippen LogP contribution is 2.30. The molecule has 1 aromatic heterocycles. The maximum absolute atomic E-state index is 12.6. The molecule has 3 aromatic carbocycles. The number of ketones is 1. The molecule has 0 unspecified atom stereocenters. The average molecular weight is 346 g/mol. The number of carbonyl (C=O) groups excluding carboxylic acids is 1. The molecule has 0 aliphatic carbocycles. The maximum atomic E-state index is 12.6. The molecule has 26 heavy (non-hydrogen) atoms. The monoisotopic (exact) mass is 346 g/mol. The second-order valence-electron chi connectivity index (χ2n) is 5.82. The number of para-hydroxylation sites is 1. The van der Waals surface area contributed by atoms with Crippen LogP contribution in [0.5, 0.6) is 11.5 Å². The van der Waals surface area contributed by atoms with Crippen molar-refractivity contribution in [2.45, 2.75) is 0 Å². The van der Waals surface area contributed by atoms with Crippen molar-refractivity contribution >= 4 is 27.7 Å². The summed E-state index contributed by atoms with van der Waals surface area (Å²) in [6.07, 6.45) is 0. The second-order valence-corrected chi connectivity index (χ2v) is 5.82. The Balaban J connectivity index is 1.70. The van der Waals surface area contributed by atoms with Crippen LogP contribution in [0.1, 0.15) is 10.4 Å². The van der Waals surface area contributed by atoms with Crippen LogP contribution in [-0.2, 0) is 0 Å². The van der Waals surface area contributed by atoms with E-state index < -0.39 is 0 Å². The zero-order chi connectivity index (χ0) is 18.1. The maximum Gasteiger partial charge on any atom is 0.204 e. The van der Waals surface area contributed by atoms with Gasteiger partial charge in [-0.1, -0.05) is 42.5 Å². The summed E-state index contributed by atoms with van der Waals surface area (Å²) in [6.45, 7) is -0.188. The lowest BCUT2D eigenvalue weighted by atomic mass is 10.1. The first-order valence-corrected chi connectivity index (χ1v) is 8.03. The predicted octanol–water partition coefficient (Wildman–Crippen LogP) is 3.91. The molecule has 0 atom stereocenters. The van der Waals surface area contributed by atoms with Gasteiger partial charge in [-0.2, -0.15) is 0 Å². The van der Waals surface area contributed by atoms with Gasteiger partial charge in [-0.05, 0) is 12.1 Å². The van der Waals surface area contributed by atoms with Crippen molar-refractivity contribution in [1.82, 2.24) is 0 Å². The highest BCUT2D eigenvalue weighted by Gasteiger charge is 2.14. The van der Waals surface area contributed by atoms with Crippen LogP contribution in [0, 0.1) is 0 Å². The third-order valence-corrected chi connectivity index (χ3v) is 4.10. The summed E-state index contributed by atoms with van der Waals surface area (Å²) in [5, 5.41) is 10.7. The average Bonchev–Trinajstić information content (AvgIpc) is 2.66. The molecular weight excluding hydrogens is 332 g/mol. The van der Waals surface area contributed by atoms with Crippen LogP contribution in [0.4, 0.5) is 0 Å². The number of carbonyl (C=O) groups is 1. The summed E-state index contributed by atoms with van der Waals surface area (Å²) >= 11 is 0. The number of hydrogen-bond donors (Lipinski definition) is 1. The Kier molecular flexibility index (Phi) is 3.89. The van der Waals surface area contributed by atoms with E-state index in [4.69, 9.17) is 9.15 Å². The van der Waals surface area contributed by atoms with E-state index in [1.54, 1.807) is 48.5 Å². The van der Waals surface area contributed by atoms with Crippen LogP contribution < -0.4 is 10.2 Å². The minimum Gasteiger partial charge on any atom is -0.507 e. The number of phenols is 1. The van der Waals surface area contributed by atoms with E-state index in [1.807, 2.05) is 6.07 Å². The van der Waals surface area contributed by atoms with Gasteiger partial charge in [0.25, 0.3) is 0 Å². The summed E-state index contributed by atoms with van der Waals surface area (Å²) in [7, 11) is 0. The highest BCUT2D eigenvalue weighted by molar-refractivity contribution is 5.97. The van der Waals surface area contributed by atoms with E-state index in [2.05, 4.69) is 0 Å². The zero-order valence-electron chi connectivity index (χ0n) is 13.6. The first kappa shape index (κ1) is 15.9. The van der Waals surface area contributed by atoms with Crippen LogP contribution in [0.3, 0.4) is 0 Å². The molecule has 5 nitrogen and oxygen atoms in total. The van der Waals surface area contributed by atoms with Crippen molar-refractivity contribution in [1.29, 1.82) is 0 Å². The molecule has 128 valence electrons. The molecular formula is C21H14O5. The number of rotatable bonds is 4. The molecule has 0 saturated carbocycles. The first-order valence-electron chi connectivity index (χ1n) is 8.03. The topological polar surface area (TPSA) is 76.7 Å². The van der Waals surface area contributed by atoms with E-state index in [1.165, 1.54) is 12.1 Å². The number of hydrogen-bond acceptors (Lipinski definition) is 5. The van der Waals surface area contributed by atoms with Gasteiger partial charge < -0.3 is 14.3 Å². The molecule has 0 saturated heterocycles. The Morgan fingerprint density at radius 2 is 1.69 bits per heavy atom. The van der Waals surface area contributed by atoms with Gasteiger partial charge in [-0.15, -0.1) is 0 Å². The summed E-state index contributed by atoms with van der Waals surface area (Å²) in [5.41, 5.74) is 0.846. The lowest BCUT2D eigenvalue weighted by molar-refractivity contribution is 0.0921. The van der Waals surface area contributed by atoms with E-state index in [9.17, 15) is 14.7 Å². The molecule has 0 amide bonds. The lowest BCUT2D eigenvalue weighted by Gasteiger charge is -2.08. The summed E-state index contributed by atoms with van der Waals surface area (Å²) in [5.74, 6) is -0.188. The molecule has 5 heteroatoms. The van der Waals surface area contributed by atoms with Crippen LogP contribution in [0.15, 0.2) is 75.9 Å². The van der Waals surface area contributed by atoms with Crippen molar-refractivity contribution in [3.63, 3.8) is 0 Å². The SMILES string of the molecule is O=C(COc1cc(O)c2c(=O)c3ccccc3oc2c1)c1ccccc1. The number of ether oxygens (including phenoxy) is 1. The van der Waals surface area contributed by atoms with Crippen LogP contribution >= 0.6 is 0 Å². The number of phenolic OH excluding ortho intramolecular Hbond substituents is 1. The van der Waals surface area contributed by atoms with Crippen LogP contribution in [-0.4, -0.2) is 17.5 Å². The van der Waals surface area contributed by atoms with Crippen molar-refractivity contribution in [2.24, 2.45) is 0 Å². The van der Waals surface area contributed by atoms with Gasteiger partial charge in [0.2, 0.25) is 5.43 Å². The quantitative estimate of drug-likeness (QED) is 0.448. The van der Waals surface area contributed by atoms with Crippen molar-refractivity contribution in [3.05, 3.63) is 82.5 Å². The summed E-state index contributed by atoms with van der Waals surface area (Å²) in [6, 6.07) is 18.4. The number of Topliss-reactive ketones (excluding diaryl/α,β-unsaturated/α-hetero) is 1. The normalized spacial score (nSPS) is 10.9. The second kappa shape index (κ2) is 6.37. The van der Waals surface area contributed by atoms with Crippen molar-refractivity contribution < 1.29 is 19.1 Å². The standard InChI is InChI=1S/C21H14O5/c22-16-10-14(25-12-17(23)13-6-2-1-3-7-13)11-19-20(16)21(24)15-8-4-5-9-18(15)26-19/h1-11,22H,12H2. The molecule has 1 heterocycles. The molecule has 0 spiro atoms. The Bertz CT molecular complexity index is 1180. The molecule has 0 radical (unpaired) electrons. The van der Waals surface area contributed by atoms with Crippen LogP contribution in [0.2, 0.25) is 0 Å². The number of aromatic hydroxyl groups is 1. The van der Waals surface area contributed by atoms with E-state index in [0.29, 0.717) is 16.5 Å². The molecule has 4 aromatic rings. The molecule has 0 fully saturated rings. The fourth-order valence-corrected chi connectivity index (χ4v) is 2.82. The van der Waals surface area contributed by atoms with Gasteiger partial charge in [-0.25, -0.2) is 0 Å². The molecule has 4 rings (SSSR count). The van der Waals surface area contributed by atoms with Gasteiger partial charge >= 0.3 is 0 Å². The first-order chi connectivity index (χ1) is 12.6. The predicted molar refractivity (Wildman–Crippen MR) is 97.9 cm³/mol. The van der Waals surface area contributed by atoms with Gasteiger partial charge in [0.15, 0.2) is 12.4 Å². The third kappa shape index (κ3) is 2.80. The molecule has 1 N–H and O–H groups in total. The zero-order valence-corrected chi connectivity index (χ0v) is 13.6. The van der Waals surface area contributed by atoms with E-state index in [0.717, 1.165) is 0 Å². The van der Waals surface area contributed by atoms with E-state index >= 15 is 0 Å². The van der Waals surface area contributed by atoms with Crippen molar-refractivity contribution in [3.8, 4) is 11.5 Å². The van der Waals surface area contributed by atoms with Gasteiger partial charge in [0.1, 0.15) is 28.1 Å². The van der Waals surface area contributed by atoms with Gasteiger partial charge in [0, 0.05) is 17.7 Å². The smallest absolute Gasteiger partial charge is 0.204 e. The summed E-state index contributed by atoms with van der Waals surface area (Å²) in [4.78, 5) is 24.7. The van der Waals surface area contributed by atoms with Crippen molar-refractivity contribution in [2.75, 3.05) is 6.61 Å². The molecule has 0 aliphatic rings. The minimum absolute atomic E-state index is 0.0884. The van der Waals surface area contributed by atoms with Crippen LogP contribution in [0.25, 0.3) is 21.9 Å². The fraction of sp³-hybridized carbons (Fsp3) is 0.0476. The third-order valence-electron chi connectivity index (χ3n) is 4.10. The fourth-order valence-electron chi connectivity index (χ4n) is 2.82. The molecule has 0 aliphatic heterocycles. The van der Waals surface area contributed by atoms with E-state index in [-0.39, 0.29) is 40.3 Å². The molecule has 0 bridgehead atoms. The largest absolute Gasteiger partial charge is 0.507 e. The number of fused-ring (bicyclic) bond motifs is 2. The Labute approximate surface area is 148 Å². The minimum atomic E-state index is -0.314. The van der Waals surface area contributed by atoms with Gasteiger partial charge in [0.05, 0.1) is 5.39 Å². The lowest BCUT2D eigenvalue weighted by Crippen LogP contribution is -2.11. The summed E-state index contributed by atoms with van der Waals surface area (Å²) < 4.78 is 11.2. The number of benzene rings is 3. The Hall–Kier alpha value is -3.60. The Morgan fingerprint density at radius 3 is 2.50 bits per heavy atom.